The van der Waals surface area contributed by atoms with Crippen molar-refractivity contribution in [2.45, 2.75) is 45.6 Å². The second kappa shape index (κ2) is 5.84. The summed E-state index contributed by atoms with van der Waals surface area (Å²) in [5.74, 6) is 1.55. The van der Waals surface area contributed by atoms with Crippen LogP contribution >= 0.6 is 15.9 Å². The first-order valence-electron chi connectivity index (χ1n) is 7.02. The molecule has 2 atom stereocenters. The largest absolute Gasteiger partial charge is 0.496 e. The number of hydrogen-bond acceptors (Lipinski definition) is 2. The van der Waals surface area contributed by atoms with Gasteiger partial charge in [-0.2, -0.15) is 0 Å². The normalized spacial score (nSPS) is 23.3. The van der Waals surface area contributed by atoms with Crippen LogP contribution in [0.15, 0.2) is 22.7 Å². The molecule has 106 valence electrons. The van der Waals surface area contributed by atoms with Gasteiger partial charge >= 0.3 is 0 Å². The molecule has 1 aromatic rings. The van der Waals surface area contributed by atoms with Crippen LogP contribution in [-0.4, -0.2) is 13.2 Å². The van der Waals surface area contributed by atoms with Crippen LogP contribution < -0.4 is 10.5 Å². The van der Waals surface area contributed by atoms with E-state index in [-0.39, 0.29) is 6.04 Å². The van der Waals surface area contributed by atoms with Crippen LogP contribution in [-0.2, 0) is 6.42 Å². The van der Waals surface area contributed by atoms with Crippen LogP contribution in [0.1, 0.15) is 38.7 Å². The molecule has 1 aliphatic rings. The van der Waals surface area contributed by atoms with Gasteiger partial charge in [-0.1, -0.05) is 36.2 Å². The number of hydrogen-bond donors (Lipinski definition) is 1. The fourth-order valence-corrected chi connectivity index (χ4v) is 3.86. The quantitative estimate of drug-likeness (QED) is 0.902. The highest BCUT2D eigenvalue weighted by Crippen LogP contribution is 2.44. The topological polar surface area (TPSA) is 35.2 Å². The number of halogens is 1. The molecular formula is C16H24BrNO. The SMILES string of the molecule is COc1ccc(Br)cc1CC(N)C1CCCC1(C)C. The lowest BCUT2D eigenvalue weighted by Gasteiger charge is -2.32. The molecule has 0 radical (unpaired) electrons. The first-order valence-corrected chi connectivity index (χ1v) is 7.81. The van der Waals surface area contributed by atoms with Crippen LogP contribution in [0, 0.1) is 11.3 Å². The van der Waals surface area contributed by atoms with Gasteiger partial charge in [0.2, 0.25) is 0 Å². The summed E-state index contributed by atoms with van der Waals surface area (Å²) in [5, 5.41) is 0. The van der Waals surface area contributed by atoms with Gasteiger partial charge in [0, 0.05) is 10.5 Å². The van der Waals surface area contributed by atoms with Gasteiger partial charge in [-0.05, 0) is 54.4 Å². The molecule has 3 heteroatoms. The first-order chi connectivity index (χ1) is 8.94. The number of benzene rings is 1. The van der Waals surface area contributed by atoms with Gasteiger partial charge in [0.15, 0.2) is 0 Å². The highest BCUT2D eigenvalue weighted by Gasteiger charge is 2.38. The number of rotatable bonds is 4. The van der Waals surface area contributed by atoms with E-state index in [1.165, 1.54) is 24.8 Å². The molecule has 2 unspecified atom stereocenters. The molecule has 2 N–H and O–H groups in total. The van der Waals surface area contributed by atoms with E-state index < -0.39 is 0 Å². The van der Waals surface area contributed by atoms with Crippen LogP contribution in [0.5, 0.6) is 5.75 Å². The molecule has 2 nitrogen and oxygen atoms in total. The van der Waals surface area contributed by atoms with Crippen molar-refractivity contribution in [3.05, 3.63) is 28.2 Å². The summed E-state index contributed by atoms with van der Waals surface area (Å²) in [6.45, 7) is 4.70. The fraction of sp³-hybridized carbons (Fsp3) is 0.625. The molecule has 2 rings (SSSR count). The van der Waals surface area contributed by atoms with Crippen molar-refractivity contribution in [1.29, 1.82) is 0 Å². The Kier molecular flexibility index (Phi) is 4.57. The Morgan fingerprint density at radius 1 is 1.47 bits per heavy atom. The molecule has 0 aliphatic heterocycles. The van der Waals surface area contributed by atoms with E-state index >= 15 is 0 Å². The zero-order chi connectivity index (χ0) is 14.0. The van der Waals surface area contributed by atoms with Crippen molar-refractivity contribution in [3.63, 3.8) is 0 Å². The molecule has 1 saturated carbocycles. The van der Waals surface area contributed by atoms with Crippen molar-refractivity contribution in [1.82, 2.24) is 0 Å². The first kappa shape index (κ1) is 14.9. The monoisotopic (exact) mass is 325 g/mol. The van der Waals surface area contributed by atoms with E-state index in [1.54, 1.807) is 7.11 Å². The summed E-state index contributed by atoms with van der Waals surface area (Å²) in [5.41, 5.74) is 8.06. The second-order valence-electron chi connectivity index (χ2n) is 6.31. The lowest BCUT2D eigenvalue weighted by atomic mass is 9.76. The fourth-order valence-electron chi connectivity index (χ4n) is 3.45. The van der Waals surface area contributed by atoms with E-state index in [0.717, 1.165) is 16.6 Å². The second-order valence-corrected chi connectivity index (χ2v) is 7.23. The van der Waals surface area contributed by atoms with E-state index in [4.69, 9.17) is 10.5 Å². The minimum Gasteiger partial charge on any atom is -0.496 e. The molecule has 1 fully saturated rings. The third-order valence-electron chi connectivity index (χ3n) is 4.55. The number of ether oxygens (including phenoxy) is 1. The molecule has 19 heavy (non-hydrogen) atoms. The molecule has 0 bridgehead atoms. The highest BCUT2D eigenvalue weighted by molar-refractivity contribution is 9.10. The Bertz CT molecular complexity index is 444. The maximum atomic E-state index is 6.49. The average molecular weight is 326 g/mol. The zero-order valence-corrected chi connectivity index (χ0v) is 13.7. The van der Waals surface area contributed by atoms with Gasteiger partial charge in [-0.3, -0.25) is 0 Å². The minimum absolute atomic E-state index is 0.209. The van der Waals surface area contributed by atoms with Crippen molar-refractivity contribution < 1.29 is 4.74 Å². The molecule has 0 heterocycles. The third kappa shape index (κ3) is 3.32. The van der Waals surface area contributed by atoms with Gasteiger partial charge in [-0.15, -0.1) is 0 Å². The van der Waals surface area contributed by atoms with E-state index in [0.29, 0.717) is 11.3 Å². The Morgan fingerprint density at radius 3 is 2.79 bits per heavy atom. The van der Waals surface area contributed by atoms with Crippen LogP contribution in [0.25, 0.3) is 0 Å². The molecule has 1 aromatic carbocycles. The Morgan fingerprint density at radius 2 is 2.21 bits per heavy atom. The Balaban J connectivity index is 2.14. The van der Waals surface area contributed by atoms with Gasteiger partial charge in [-0.25, -0.2) is 0 Å². The van der Waals surface area contributed by atoms with Crippen molar-refractivity contribution >= 4 is 15.9 Å². The molecular weight excluding hydrogens is 302 g/mol. The van der Waals surface area contributed by atoms with E-state index in [9.17, 15) is 0 Å². The van der Waals surface area contributed by atoms with Crippen molar-refractivity contribution in [2.75, 3.05) is 7.11 Å². The number of methoxy groups -OCH3 is 1. The predicted octanol–water partition coefficient (Wildman–Crippen LogP) is 4.15. The predicted molar refractivity (Wildman–Crippen MR) is 83.5 cm³/mol. The summed E-state index contributed by atoms with van der Waals surface area (Å²) in [4.78, 5) is 0. The summed E-state index contributed by atoms with van der Waals surface area (Å²) in [6, 6.07) is 6.35. The summed E-state index contributed by atoms with van der Waals surface area (Å²) in [7, 11) is 1.72. The molecule has 0 saturated heterocycles. The molecule has 0 spiro atoms. The molecule has 0 aromatic heterocycles. The maximum Gasteiger partial charge on any atom is 0.122 e. The van der Waals surface area contributed by atoms with Gasteiger partial charge in [0.05, 0.1) is 7.11 Å². The van der Waals surface area contributed by atoms with Gasteiger partial charge in [0.25, 0.3) is 0 Å². The van der Waals surface area contributed by atoms with E-state index in [2.05, 4.69) is 35.8 Å². The summed E-state index contributed by atoms with van der Waals surface area (Å²) < 4.78 is 6.52. The lowest BCUT2D eigenvalue weighted by molar-refractivity contribution is 0.219. The highest BCUT2D eigenvalue weighted by atomic mass is 79.9. The van der Waals surface area contributed by atoms with Crippen LogP contribution in [0.3, 0.4) is 0 Å². The third-order valence-corrected chi connectivity index (χ3v) is 5.05. The smallest absolute Gasteiger partial charge is 0.122 e. The molecule has 1 aliphatic carbocycles. The number of nitrogens with two attached hydrogens (primary N) is 1. The lowest BCUT2D eigenvalue weighted by Crippen LogP contribution is -2.38. The van der Waals surface area contributed by atoms with Crippen molar-refractivity contribution in [3.8, 4) is 5.75 Å². The zero-order valence-electron chi connectivity index (χ0n) is 12.1. The van der Waals surface area contributed by atoms with Crippen LogP contribution in [0.2, 0.25) is 0 Å². The minimum atomic E-state index is 0.209. The van der Waals surface area contributed by atoms with E-state index in [1.807, 2.05) is 12.1 Å². The van der Waals surface area contributed by atoms with Crippen molar-refractivity contribution in [2.24, 2.45) is 17.1 Å². The maximum absolute atomic E-state index is 6.49. The summed E-state index contributed by atoms with van der Waals surface area (Å²) in [6.07, 6.45) is 4.74. The Labute approximate surface area is 124 Å². The summed E-state index contributed by atoms with van der Waals surface area (Å²) >= 11 is 3.52. The Hall–Kier alpha value is -0.540. The standard InChI is InChI=1S/C16H24BrNO/c1-16(2)8-4-5-13(16)14(18)10-11-9-12(17)6-7-15(11)19-3/h6-7,9,13-14H,4-5,8,10,18H2,1-3H3. The molecule has 0 amide bonds. The average Bonchev–Trinajstić information content (AvgIpc) is 2.69. The van der Waals surface area contributed by atoms with Gasteiger partial charge < -0.3 is 10.5 Å². The van der Waals surface area contributed by atoms with Gasteiger partial charge in [0.1, 0.15) is 5.75 Å². The van der Waals surface area contributed by atoms with Crippen LogP contribution in [0.4, 0.5) is 0 Å².